The van der Waals surface area contributed by atoms with Gasteiger partial charge in [0.25, 0.3) is 0 Å². The normalized spacial score (nSPS) is 13.0. The molecular weight excluding hydrogens is 769 g/mol. The third kappa shape index (κ3) is 5.20. The molecular formula is C58H36N4O. The molecule has 0 fully saturated rings. The van der Waals surface area contributed by atoms with E-state index in [1.807, 2.05) is 36.4 Å². The molecule has 1 spiro atoms. The maximum absolute atomic E-state index is 6.72. The number of hydrogen-bond donors (Lipinski definition) is 0. The molecule has 0 unspecified atom stereocenters. The molecule has 0 saturated heterocycles. The first-order valence-electron chi connectivity index (χ1n) is 21.4. The Morgan fingerprint density at radius 1 is 0.365 bits per heavy atom. The van der Waals surface area contributed by atoms with Crippen LogP contribution in [0.15, 0.2) is 218 Å². The fraction of sp³-hybridized carbons (Fsp3) is 0.0172. The van der Waals surface area contributed by atoms with E-state index in [1.54, 1.807) is 0 Å². The van der Waals surface area contributed by atoms with Gasteiger partial charge in [0.05, 0.1) is 16.4 Å². The Kier molecular flexibility index (Phi) is 7.75. The Labute approximate surface area is 364 Å². The van der Waals surface area contributed by atoms with Crippen molar-refractivity contribution >= 4 is 21.8 Å². The van der Waals surface area contributed by atoms with Crippen molar-refractivity contribution in [3.8, 4) is 73.6 Å². The summed E-state index contributed by atoms with van der Waals surface area (Å²) in [5.41, 5.74) is 14.7. The highest BCUT2D eigenvalue weighted by Gasteiger charge is 2.52. The van der Waals surface area contributed by atoms with Crippen molar-refractivity contribution in [2.45, 2.75) is 5.41 Å². The zero-order chi connectivity index (χ0) is 41.5. The molecule has 9 aromatic carbocycles. The van der Waals surface area contributed by atoms with Crippen molar-refractivity contribution in [3.05, 3.63) is 241 Å². The van der Waals surface area contributed by atoms with E-state index in [0.29, 0.717) is 17.5 Å². The van der Waals surface area contributed by atoms with Crippen LogP contribution in [0.2, 0.25) is 0 Å². The summed E-state index contributed by atoms with van der Waals surface area (Å²) < 4.78 is 9.11. The van der Waals surface area contributed by atoms with Crippen LogP contribution in [0.25, 0.3) is 83.9 Å². The van der Waals surface area contributed by atoms with Gasteiger partial charge in [-0.1, -0.05) is 176 Å². The molecule has 2 aromatic heterocycles. The number of para-hydroxylation sites is 4. The first kappa shape index (κ1) is 35.4. The van der Waals surface area contributed by atoms with Crippen molar-refractivity contribution in [2.24, 2.45) is 0 Å². The number of benzene rings is 9. The predicted molar refractivity (Wildman–Crippen MR) is 253 cm³/mol. The molecule has 0 saturated carbocycles. The summed E-state index contributed by atoms with van der Waals surface area (Å²) in [7, 11) is 0. The van der Waals surface area contributed by atoms with E-state index in [4.69, 9.17) is 19.7 Å². The zero-order valence-corrected chi connectivity index (χ0v) is 34.0. The molecule has 11 aromatic rings. The first-order valence-corrected chi connectivity index (χ1v) is 21.4. The van der Waals surface area contributed by atoms with E-state index in [1.165, 1.54) is 27.4 Å². The topological polar surface area (TPSA) is 52.8 Å². The number of aromatic nitrogens is 4. The van der Waals surface area contributed by atoms with Crippen LogP contribution in [-0.4, -0.2) is 19.5 Å². The lowest BCUT2D eigenvalue weighted by Crippen LogP contribution is -2.32. The molecule has 294 valence electrons. The van der Waals surface area contributed by atoms with Crippen LogP contribution in [-0.2, 0) is 5.41 Å². The fourth-order valence-electron chi connectivity index (χ4n) is 10.4. The van der Waals surface area contributed by atoms with Crippen LogP contribution in [0.5, 0.6) is 11.5 Å². The molecule has 1 aliphatic heterocycles. The number of hydrogen-bond acceptors (Lipinski definition) is 4. The van der Waals surface area contributed by atoms with Crippen molar-refractivity contribution in [1.29, 1.82) is 0 Å². The minimum absolute atomic E-state index is 0.620. The second-order valence-electron chi connectivity index (χ2n) is 16.3. The standard InChI is InChI=1S/C58H36N4O/c1-4-18-37(19-5-1)55-59-56(38-20-6-2-7-21-38)61-57(60-55)43-26-16-29-48-53(43)44-36-39(34-35-45(44)58(48)46-27-11-14-32-51(46)63-52-33-15-12-28-47(52)58)41-25-17-31-50-54(41)42-24-10-13-30-49(42)62(50)40-22-8-3-9-23-40/h1-36H. The van der Waals surface area contributed by atoms with Gasteiger partial charge < -0.3 is 9.30 Å². The highest BCUT2D eigenvalue weighted by molar-refractivity contribution is 6.16. The lowest BCUT2D eigenvalue weighted by atomic mass is 9.66. The molecule has 0 atom stereocenters. The van der Waals surface area contributed by atoms with E-state index in [0.717, 1.165) is 72.8 Å². The Balaban J connectivity index is 1.13. The van der Waals surface area contributed by atoms with Crippen LogP contribution in [0, 0.1) is 0 Å². The van der Waals surface area contributed by atoms with E-state index in [9.17, 15) is 0 Å². The van der Waals surface area contributed by atoms with Crippen LogP contribution >= 0.6 is 0 Å². The van der Waals surface area contributed by atoms with Crippen LogP contribution in [0.3, 0.4) is 0 Å². The van der Waals surface area contributed by atoms with Gasteiger partial charge in [-0.3, -0.25) is 0 Å². The molecule has 0 radical (unpaired) electrons. The van der Waals surface area contributed by atoms with Gasteiger partial charge in [-0.2, -0.15) is 0 Å². The van der Waals surface area contributed by atoms with Gasteiger partial charge in [0.2, 0.25) is 0 Å². The summed E-state index contributed by atoms with van der Waals surface area (Å²) in [5.74, 6) is 3.57. The highest BCUT2D eigenvalue weighted by atomic mass is 16.5. The molecule has 63 heavy (non-hydrogen) atoms. The average Bonchev–Trinajstić information content (AvgIpc) is 3.85. The van der Waals surface area contributed by atoms with Crippen molar-refractivity contribution < 1.29 is 4.74 Å². The molecule has 0 amide bonds. The minimum Gasteiger partial charge on any atom is -0.457 e. The lowest BCUT2D eigenvalue weighted by molar-refractivity contribution is 0.436. The number of rotatable bonds is 5. The number of nitrogens with zero attached hydrogens (tertiary/aromatic N) is 4. The maximum atomic E-state index is 6.72. The molecule has 2 aliphatic rings. The van der Waals surface area contributed by atoms with Gasteiger partial charge in [0, 0.05) is 44.3 Å². The Morgan fingerprint density at radius 3 is 1.60 bits per heavy atom. The Hall–Kier alpha value is -8.41. The van der Waals surface area contributed by atoms with Gasteiger partial charge >= 0.3 is 0 Å². The van der Waals surface area contributed by atoms with Crippen molar-refractivity contribution in [2.75, 3.05) is 0 Å². The van der Waals surface area contributed by atoms with Crippen molar-refractivity contribution in [1.82, 2.24) is 19.5 Å². The smallest absolute Gasteiger partial charge is 0.164 e. The number of ether oxygens (including phenoxy) is 1. The molecule has 3 heterocycles. The van der Waals surface area contributed by atoms with Gasteiger partial charge in [0.1, 0.15) is 11.5 Å². The highest BCUT2D eigenvalue weighted by Crippen LogP contribution is 2.63. The monoisotopic (exact) mass is 804 g/mol. The third-order valence-electron chi connectivity index (χ3n) is 12.9. The summed E-state index contributed by atoms with van der Waals surface area (Å²) in [6.45, 7) is 0. The Bertz CT molecular complexity index is 3490. The van der Waals surface area contributed by atoms with Gasteiger partial charge in [0.15, 0.2) is 17.5 Å². The summed E-state index contributed by atoms with van der Waals surface area (Å²) in [6, 6.07) is 77.3. The van der Waals surface area contributed by atoms with E-state index >= 15 is 0 Å². The maximum Gasteiger partial charge on any atom is 0.164 e. The summed E-state index contributed by atoms with van der Waals surface area (Å²) in [4.78, 5) is 15.7. The van der Waals surface area contributed by atoms with Gasteiger partial charge in [-0.05, 0) is 75.8 Å². The number of fused-ring (bicyclic) bond motifs is 12. The lowest BCUT2D eigenvalue weighted by Gasteiger charge is -2.39. The van der Waals surface area contributed by atoms with Crippen LogP contribution < -0.4 is 4.74 Å². The van der Waals surface area contributed by atoms with E-state index < -0.39 is 5.41 Å². The summed E-state index contributed by atoms with van der Waals surface area (Å²) >= 11 is 0. The molecule has 5 heteroatoms. The SMILES string of the molecule is c1ccc(-c2nc(-c3ccccc3)nc(-c3cccc4c3-c3cc(-c5cccc6c5c5ccccc5n6-c5ccccc5)ccc3C43c4ccccc4Oc4ccccc43)n2)cc1. The quantitative estimate of drug-likeness (QED) is 0.174. The predicted octanol–water partition coefficient (Wildman–Crippen LogP) is 14.1. The van der Waals surface area contributed by atoms with Gasteiger partial charge in [-0.25, -0.2) is 15.0 Å². The summed E-state index contributed by atoms with van der Waals surface area (Å²) in [6.07, 6.45) is 0. The van der Waals surface area contributed by atoms with E-state index in [2.05, 4.69) is 187 Å². The fourth-order valence-corrected chi connectivity index (χ4v) is 10.4. The average molecular weight is 805 g/mol. The molecule has 0 N–H and O–H groups in total. The van der Waals surface area contributed by atoms with Crippen molar-refractivity contribution in [3.63, 3.8) is 0 Å². The Morgan fingerprint density at radius 2 is 0.905 bits per heavy atom. The van der Waals surface area contributed by atoms with E-state index in [-0.39, 0.29) is 0 Å². The van der Waals surface area contributed by atoms with Gasteiger partial charge in [-0.15, -0.1) is 0 Å². The molecule has 13 rings (SSSR count). The molecule has 5 nitrogen and oxygen atoms in total. The zero-order valence-electron chi connectivity index (χ0n) is 34.0. The second-order valence-corrected chi connectivity index (χ2v) is 16.3. The molecule has 1 aliphatic carbocycles. The second kappa shape index (κ2) is 13.8. The largest absolute Gasteiger partial charge is 0.457 e. The first-order chi connectivity index (χ1) is 31.3. The minimum atomic E-state index is -0.683. The van der Waals surface area contributed by atoms with Crippen LogP contribution in [0.4, 0.5) is 0 Å². The molecule has 0 bridgehead atoms. The van der Waals surface area contributed by atoms with Crippen LogP contribution in [0.1, 0.15) is 22.3 Å². The third-order valence-corrected chi connectivity index (χ3v) is 12.9. The summed E-state index contributed by atoms with van der Waals surface area (Å²) in [5, 5.41) is 2.43.